The smallest absolute Gasteiger partial charge is 0.254 e. The van der Waals surface area contributed by atoms with E-state index in [1.54, 1.807) is 6.92 Å². The molecule has 1 amide bonds. The van der Waals surface area contributed by atoms with Crippen molar-refractivity contribution in [3.05, 3.63) is 72.7 Å². The molecule has 1 aliphatic heterocycles. The van der Waals surface area contributed by atoms with Crippen molar-refractivity contribution in [2.75, 3.05) is 10.6 Å². The maximum absolute atomic E-state index is 14.7. The summed E-state index contributed by atoms with van der Waals surface area (Å²) < 4.78 is 20.6. The first-order chi connectivity index (χ1) is 14.9. The maximum atomic E-state index is 14.7. The summed E-state index contributed by atoms with van der Waals surface area (Å²) in [6.45, 7) is 11.5. The first kappa shape index (κ1) is 21.8. The molecule has 0 saturated carbocycles. The number of fused-ring (bicyclic) bond motifs is 1. The van der Waals surface area contributed by atoms with E-state index in [1.807, 2.05) is 40.7 Å². The molecule has 7 nitrogen and oxygen atoms in total. The lowest BCUT2D eigenvalue weighted by Gasteiger charge is -2.31. The van der Waals surface area contributed by atoms with Gasteiger partial charge in [-0.2, -0.15) is 0 Å². The third-order valence-electron chi connectivity index (χ3n) is 6.01. The lowest BCUT2D eigenvalue weighted by molar-refractivity contribution is 0.0959. The zero-order valence-electron chi connectivity index (χ0n) is 18.9. The van der Waals surface area contributed by atoms with Gasteiger partial charge in [-0.25, -0.2) is 4.39 Å². The summed E-state index contributed by atoms with van der Waals surface area (Å²) in [5, 5.41) is 8.60. The van der Waals surface area contributed by atoms with Crippen LogP contribution in [0.3, 0.4) is 0 Å². The molecule has 0 radical (unpaired) electrons. The number of benzene rings is 1. The highest BCUT2D eigenvalue weighted by molar-refractivity contribution is 6.05. The minimum absolute atomic E-state index is 0.0464. The van der Waals surface area contributed by atoms with E-state index in [1.165, 1.54) is 12.1 Å². The summed E-state index contributed by atoms with van der Waals surface area (Å²) in [5.41, 5.74) is -0.236. The van der Waals surface area contributed by atoms with Gasteiger partial charge in [0.2, 0.25) is 0 Å². The van der Waals surface area contributed by atoms with Crippen LogP contribution in [0.2, 0.25) is 0 Å². The molecule has 8 heteroatoms. The maximum Gasteiger partial charge on any atom is 0.254 e. The van der Waals surface area contributed by atoms with Gasteiger partial charge < -0.3 is 20.4 Å². The zero-order chi connectivity index (χ0) is 23.5. The predicted octanol–water partition coefficient (Wildman–Crippen LogP) is 4.38. The number of aryl methyl sites for hydroxylation is 2. The van der Waals surface area contributed by atoms with E-state index >= 15 is 0 Å². The Hall–Kier alpha value is -3.42. The van der Waals surface area contributed by atoms with Gasteiger partial charge in [0.15, 0.2) is 0 Å². The molecule has 0 aliphatic carbocycles. The summed E-state index contributed by atoms with van der Waals surface area (Å²) in [6, 6.07) is 3.97. The highest BCUT2D eigenvalue weighted by Crippen LogP contribution is 2.40. The summed E-state index contributed by atoms with van der Waals surface area (Å²) in [6.07, 6.45) is 0. The molecule has 32 heavy (non-hydrogen) atoms. The lowest BCUT2D eigenvalue weighted by atomic mass is 9.84. The van der Waals surface area contributed by atoms with Crippen molar-refractivity contribution in [1.29, 1.82) is 0 Å². The van der Waals surface area contributed by atoms with E-state index in [2.05, 4.69) is 16.0 Å². The third-order valence-corrected chi connectivity index (χ3v) is 6.01. The standard InChI is InChI=1S/C24H26FN3O4/c1-10-9-15(32-12(10)3)22(24(4,5)6)28-19-18(20(29)21(19)30)27-17-14(25)8-7-13-11(2)26-23(31)16(13)17/h7-9,11,22,27-28H,1-6H3,(H,26,31)/t11-,22?/m0/s1. The number of hydrogen-bond donors (Lipinski definition) is 3. The fourth-order valence-corrected chi connectivity index (χ4v) is 4.04. The monoisotopic (exact) mass is 439 g/mol. The van der Waals surface area contributed by atoms with Gasteiger partial charge in [-0.05, 0) is 49.4 Å². The van der Waals surface area contributed by atoms with Crippen molar-refractivity contribution >= 4 is 23.0 Å². The molecule has 0 bridgehead atoms. The molecule has 168 valence electrons. The van der Waals surface area contributed by atoms with Crippen molar-refractivity contribution in [2.24, 2.45) is 5.41 Å². The Morgan fingerprint density at radius 2 is 1.72 bits per heavy atom. The first-order valence-electron chi connectivity index (χ1n) is 10.5. The molecule has 0 saturated heterocycles. The normalized spacial score (nSPS) is 16.7. The fourth-order valence-electron chi connectivity index (χ4n) is 4.04. The van der Waals surface area contributed by atoms with Crippen LogP contribution in [0.15, 0.2) is 32.2 Å². The van der Waals surface area contributed by atoms with Crippen LogP contribution in [0, 0.1) is 25.1 Å². The summed E-state index contributed by atoms with van der Waals surface area (Å²) in [5.74, 6) is 0.279. The van der Waals surface area contributed by atoms with E-state index < -0.39 is 28.6 Å². The van der Waals surface area contributed by atoms with Crippen LogP contribution in [-0.4, -0.2) is 5.91 Å². The molecule has 0 fully saturated rings. The van der Waals surface area contributed by atoms with Crippen LogP contribution < -0.4 is 26.8 Å². The van der Waals surface area contributed by atoms with Gasteiger partial charge in [-0.3, -0.25) is 14.4 Å². The average Bonchev–Trinajstić information content (AvgIpc) is 3.18. The van der Waals surface area contributed by atoms with Crippen molar-refractivity contribution in [3.63, 3.8) is 0 Å². The number of halogens is 1. The molecule has 3 N–H and O–H groups in total. The second-order valence-electron chi connectivity index (χ2n) is 9.45. The molecule has 1 unspecified atom stereocenters. The quantitative estimate of drug-likeness (QED) is 0.510. The van der Waals surface area contributed by atoms with Gasteiger partial charge in [0, 0.05) is 0 Å². The number of anilines is 3. The van der Waals surface area contributed by atoms with Gasteiger partial charge in [0.1, 0.15) is 28.7 Å². The van der Waals surface area contributed by atoms with Crippen molar-refractivity contribution < 1.29 is 13.6 Å². The van der Waals surface area contributed by atoms with Crippen molar-refractivity contribution in [3.8, 4) is 0 Å². The van der Waals surface area contributed by atoms with Gasteiger partial charge in [-0.1, -0.05) is 26.8 Å². The molecule has 2 atom stereocenters. The van der Waals surface area contributed by atoms with Gasteiger partial charge in [0.05, 0.1) is 23.3 Å². The van der Waals surface area contributed by atoms with E-state index in [0.717, 1.165) is 11.3 Å². The second-order valence-corrected chi connectivity index (χ2v) is 9.45. The number of amides is 1. The van der Waals surface area contributed by atoms with Gasteiger partial charge in [0.25, 0.3) is 16.8 Å². The molecule has 4 rings (SSSR count). The Balaban J connectivity index is 1.74. The lowest BCUT2D eigenvalue weighted by Crippen LogP contribution is -2.39. The topological polar surface area (TPSA) is 100 Å². The number of nitrogens with one attached hydrogen (secondary N) is 3. The Morgan fingerprint density at radius 1 is 1.06 bits per heavy atom. The number of carbonyl (C=O) groups excluding carboxylic acids is 1. The van der Waals surface area contributed by atoms with Crippen LogP contribution in [0.4, 0.5) is 21.5 Å². The molecule has 1 aliphatic rings. The van der Waals surface area contributed by atoms with Crippen molar-refractivity contribution in [2.45, 2.75) is 53.6 Å². The Morgan fingerprint density at radius 3 is 2.31 bits per heavy atom. The largest absolute Gasteiger partial charge is 0.464 e. The van der Waals surface area contributed by atoms with E-state index in [0.29, 0.717) is 11.3 Å². The minimum Gasteiger partial charge on any atom is -0.464 e. The molecular formula is C24H26FN3O4. The summed E-state index contributed by atoms with van der Waals surface area (Å²) in [4.78, 5) is 37.2. The Labute approximate surface area is 184 Å². The summed E-state index contributed by atoms with van der Waals surface area (Å²) >= 11 is 0. The Kier molecular flexibility index (Phi) is 4.99. The minimum atomic E-state index is -0.768. The Bertz CT molecular complexity index is 1290. The fraction of sp³-hybridized carbons (Fsp3) is 0.375. The SMILES string of the molecule is Cc1cc(C(Nc2c(Nc3c(F)ccc4c3C(=O)N[C@H]4C)c(=O)c2=O)C(C)(C)C)oc1C. The average molecular weight is 439 g/mol. The molecule has 1 aromatic heterocycles. The summed E-state index contributed by atoms with van der Waals surface area (Å²) in [7, 11) is 0. The van der Waals surface area contributed by atoms with Crippen LogP contribution in [0.5, 0.6) is 0 Å². The number of carbonyl (C=O) groups is 1. The first-order valence-corrected chi connectivity index (χ1v) is 10.5. The van der Waals surface area contributed by atoms with Crippen LogP contribution in [0.1, 0.15) is 72.8 Å². The molecule has 2 aromatic carbocycles. The van der Waals surface area contributed by atoms with Crippen LogP contribution >= 0.6 is 0 Å². The number of rotatable bonds is 5. The number of furan rings is 1. The molecular weight excluding hydrogens is 413 g/mol. The highest BCUT2D eigenvalue weighted by Gasteiger charge is 2.35. The molecule has 2 heterocycles. The van der Waals surface area contributed by atoms with E-state index in [-0.39, 0.29) is 34.1 Å². The predicted molar refractivity (Wildman–Crippen MR) is 121 cm³/mol. The van der Waals surface area contributed by atoms with E-state index in [9.17, 15) is 18.8 Å². The molecule has 3 aromatic rings. The van der Waals surface area contributed by atoms with Gasteiger partial charge in [-0.15, -0.1) is 0 Å². The highest BCUT2D eigenvalue weighted by atomic mass is 19.1. The third kappa shape index (κ3) is 3.39. The van der Waals surface area contributed by atoms with E-state index in [4.69, 9.17) is 4.42 Å². The van der Waals surface area contributed by atoms with Crippen LogP contribution in [-0.2, 0) is 0 Å². The number of hydrogen-bond acceptors (Lipinski definition) is 6. The second kappa shape index (κ2) is 7.32. The van der Waals surface area contributed by atoms with Crippen LogP contribution in [0.25, 0.3) is 0 Å². The zero-order valence-corrected chi connectivity index (χ0v) is 18.9. The molecule has 0 spiro atoms. The van der Waals surface area contributed by atoms with Gasteiger partial charge >= 0.3 is 0 Å². The van der Waals surface area contributed by atoms with Crippen molar-refractivity contribution in [1.82, 2.24) is 5.32 Å².